The van der Waals surface area contributed by atoms with Gasteiger partial charge in [0.15, 0.2) is 0 Å². The molecular weight excluding hydrogens is 308 g/mol. The Labute approximate surface area is 116 Å². The fourth-order valence-corrected chi connectivity index (χ4v) is 1.92. The molecule has 0 saturated heterocycles. The number of alkyl halides is 3. The van der Waals surface area contributed by atoms with E-state index in [9.17, 15) is 23.1 Å². The van der Waals surface area contributed by atoms with E-state index in [-0.39, 0.29) is 16.7 Å². The Balaban J connectivity index is 3.44. The van der Waals surface area contributed by atoms with Crippen molar-refractivity contribution in [3.05, 3.63) is 33.8 Å². The average molecular weight is 317 g/mol. The molecule has 0 aliphatic rings. The van der Waals surface area contributed by atoms with Crippen LogP contribution in [0.1, 0.15) is 12.5 Å². The number of ether oxygens (including phenoxy) is 1. The molecule has 0 fully saturated rings. The Bertz CT molecular complexity index is 470. The van der Waals surface area contributed by atoms with Crippen molar-refractivity contribution in [3.63, 3.8) is 0 Å². The highest BCUT2D eigenvalue weighted by atomic mass is 35.5. The maximum absolute atomic E-state index is 13.0. The summed E-state index contributed by atoms with van der Waals surface area (Å²) < 4.78 is 43.2. The van der Waals surface area contributed by atoms with Crippen LogP contribution >= 0.6 is 23.2 Å². The molecule has 1 unspecified atom stereocenters. The zero-order chi connectivity index (χ0) is 14.8. The van der Waals surface area contributed by atoms with Crippen LogP contribution in [0, 0.1) is 0 Å². The fourth-order valence-electron chi connectivity index (χ4n) is 1.40. The van der Waals surface area contributed by atoms with Gasteiger partial charge in [-0.25, -0.2) is 4.79 Å². The predicted octanol–water partition coefficient (Wildman–Crippen LogP) is 3.31. The predicted molar refractivity (Wildman–Crippen MR) is 63.0 cm³/mol. The lowest BCUT2D eigenvalue weighted by atomic mass is 9.93. The Kier molecular flexibility index (Phi) is 4.71. The number of esters is 1. The first-order valence-electron chi connectivity index (χ1n) is 5.05. The molecule has 106 valence electrons. The molecule has 1 aromatic carbocycles. The monoisotopic (exact) mass is 316 g/mol. The maximum Gasteiger partial charge on any atom is 0.432 e. The summed E-state index contributed by atoms with van der Waals surface area (Å²) in [4.78, 5) is 11.5. The Hall–Kier alpha value is -0.980. The first kappa shape index (κ1) is 16.1. The van der Waals surface area contributed by atoms with Crippen LogP contribution in [0.25, 0.3) is 0 Å². The highest BCUT2D eigenvalue weighted by Gasteiger charge is 2.62. The number of hydrogen-bond acceptors (Lipinski definition) is 3. The molecule has 1 rings (SSSR count). The molecule has 0 aliphatic carbocycles. The molecule has 0 bridgehead atoms. The number of carbonyl (C=O) groups is 1. The maximum atomic E-state index is 13.0. The van der Waals surface area contributed by atoms with Crippen LogP contribution in [-0.2, 0) is 15.1 Å². The zero-order valence-corrected chi connectivity index (χ0v) is 11.1. The molecule has 19 heavy (non-hydrogen) atoms. The van der Waals surface area contributed by atoms with Crippen molar-refractivity contribution < 1.29 is 27.8 Å². The highest BCUT2D eigenvalue weighted by Crippen LogP contribution is 2.41. The lowest BCUT2D eigenvalue weighted by Crippen LogP contribution is -2.50. The van der Waals surface area contributed by atoms with Gasteiger partial charge in [-0.15, -0.1) is 0 Å². The average Bonchev–Trinajstić information content (AvgIpc) is 2.25. The minimum absolute atomic E-state index is 0.144. The second-order valence-corrected chi connectivity index (χ2v) is 4.46. The molecular formula is C11H9Cl2F3O3. The molecule has 0 amide bonds. The van der Waals surface area contributed by atoms with Crippen molar-refractivity contribution in [1.82, 2.24) is 0 Å². The van der Waals surface area contributed by atoms with Gasteiger partial charge in [-0.3, -0.25) is 0 Å². The number of hydrogen-bond donors (Lipinski definition) is 1. The van der Waals surface area contributed by atoms with Gasteiger partial charge in [-0.2, -0.15) is 13.2 Å². The molecule has 3 nitrogen and oxygen atoms in total. The highest BCUT2D eigenvalue weighted by molar-refractivity contribution is 6.34. The summed E-state index contributed by atoms with van der Waals surface area (Å²) in [5.41, 5.74) is -4.60. The number of rotatable bonds is 3. The zero-order valence-electron chi connectivity index (χ0n) is 9.59. The molecule has 0 aromatic heterocycles. The Morgan fingerprint density at radius 1 is 1.26 bits per heavy atom. The van der Waals surface area contributed by atoms with Crippen LogP contribution in [0.3, 0.4) is 0 Å². The van der Waals surface area contributed by atoms with Crippen LogP contribution in [-0.4, -0.2) is 23.9 Å². The molecule has 0 saturated carbocycles. The standard InChI is InChI=1S/C11H9Cl2F3O3/c1-2-19-9(17)10(18,11(14,15)16)6-3-7(12)5-8(13)4-6/h3-5,18H,2H2,1H3. The van der Waals surface area contributed by atoms with E-state index in [0.717, 1.165) is 12.1 Å². The molecule has 0 heterocycles. The minimum Gasteiger partial charge on any atom is -0.463 e. The third-order valence-corrected chi connectivity index (χ3v) is 2.70. The van der Waals surface area contributed by atoms with Crippen molar-refractivity contribution in [2.24, 2.45) is 0 Å². The van der Waals surface area contributed by atoms with Gasteiger partial charge >= 0.3 is 12.1 Å². The van der Waals surface area contributed by atoms with E-state index in [1.165, 1.54) is 13.0 Å². The molecule has 0 spiro atoms. The lowest BCUT2D eigenvalue weighted by Gasteiger charge is -2.28. The summed E-state index contributed by atoms with van der Waals surface area (Å²) in [5.74, 6) is -1.83. The summed E-state index contributed by atoms with van der Waals surface area (Å²) in [7, 11) is 0. The van der Waals surface area contributed by atoms with E-state index in [2.05, 4.69) is 4.74 Å². The van der Waals surface area contributed by atoms with Crippen LogP contribution in [0.2, 0.25) is 10.0 Å². The van der Waals surface area contributed by atoms with Gasteiger partial charge in [-0.1, -0.05) is 23.2 Å². The van der Waals surface area contributed by atoms with Gasteiger partial charge in [0.2, 0.25) is 0 Å². The molecule has 8 heteroatoms. The largest absolute Gasteiger partial charge is 0.463 e. The summed E-state index contributed by atoms with van der Waals surface area (Å²) in [5, 5.41) is 9.46. The summed E-state index contributed by atoms with van der Waals surface area (Å²) >= 11 is 11.1. The number of benzene rings is 1. The van der Waals surface area contributed by atoms with Crippen molar-refractivity contribution in [3.8, 4) is 0 Å². The second kappa shape index (κ2) is 5.56. The number of carbonyl (C=O) groups excluding carboxylic acids is 1. The van der Waals surface area contributed by atoms with Gasteiger partial charge in [0.25, 0.3) is 5.60 Å². The summed E-state index contributed by atoms with van der Waals surface area (Å²) in [6.45, 7) is 1.01. The smallest absolute Gasteiger partial charge is 0.432 e. The normalized spacial score (nSPS) is 14.9. The van der Waals surface area contributed by atoms with Gasteiger partial charge in [0.1, 0.15) is 0 Å². The van der Waals surface area contributed by atoms with E-state index >= 15 is 0 Å². The SMILES string of the molecule is CCOC(=O)C(O)(c1cc(Cl)cc(Cl)c1)C(F)(F)F. The second-order valence-electron chi connectivity index (χ2n) is 3.59. The summed E-state index contributed by atoms with van der Waals surface area (Å²) in [6, 6.07) is 2.78. The van der Waals surface area contributed by atoms with Crippen LogP contribution in [0.5, 0.6) is 0 Å². The first-order valence-corrected chi connectivity index (χ1v) is 5.81. The summed E-state index contributed by atoms with van der Waals surface area (Å²) in [6.07, 6.45) is -5.27. The van der Waals surface area contributed by atoms with E-state index in [1.54, 1.807) is 0 Å². The Morgan fingerprint density at radius 2 is 1.74 bits per heavy atom. The topological polar surface area (TPSA) is 46.5 Å². The molecule has 1 atom stereocenters. The van der Waals surface area contributed by atoms with E-state index in [0.29, 0.717) is 0 Å². The van der Waals surface area contributed by atoms with Gasteiger partial charge < -0.3 is 9.84 Å². The lowest BCUT2D eigenvalue weighted by molar-refractivity contribution is -0.267. The van der Waals surface area contributed by atoms with E-state index in [1.807, 2.05) is 0 Å². The van der Waals surface area contributed by atoms with Gasteiger partial charge in [0.05, 0.1) is 6.61 Å². The minimum atomic E-state index is -5.27. The van der Waals surface area contributed by atoms with Crippen molar-refractivity contribution in [2.75, 3.05) is 6.61 Å². The molecule has 0 aliphatic heterocycles. The molecule has 1 N–H and O–H groups in total. The van der Waals surface area contributed by atoms with Crippen molar-refractivity contribution in [2.45, 2.75) is 18.7 Å². The van der Waals surface area contributed by atoms with E-state index < -0.39 is 23.3 Å². The first-order chi connectivity index (χ1) is 8.62. The van der Waals surface area contributed by atoms with Crippen molar-refractivity contribution >= 4 is 29.2 Å². The Morgan fingerprint density at radius 3 is 2.11 bits per heavy atom. The number of aliphatic hydroxyl groups is 1. The quantitative estimate of drug-likeness (QED) is 0.870. The van der Waals surface area contributed by atoms with Gasteiger partial charge in [0, 0.05) is 15.6 Å². The molecule has 0 radical (unpaired) electrons. The van der Waals surface area contributed by atoms with Crippen LogP contribution in [0.4, 0.5) is 13.2 Å². The molecule has 1 aromatic rings. The van der Waals surface area contributed by atoms with E-state index in [4.69, 9.17) is 23.2 Å². The van der Waals surface area contributed by atoms with Crippen LogP contribution < -0.4 is 0 Å². The number of halogens is 5. The third kappa shape index (κ3) is 3.13. The fraction of sp³-hybridized carbons (Fsp3) is 0.364. The van der Waals surface area contributed by atoms with Gasteiger partial charge in [-0.05, 0) is 25.1 Å². The van der Waals surface area contributed by atoms with Crippen LogP contribution in [0.15, 0.2) is 18.2 Å². The van der Waals surface area contributed by atoms with Crippen molar-refractivity contribution in [1.29, 1.82) is 0 Å². The third-order valence-electron chi connectivity index (χ3n) is 2.26.